The summed E-state index contributed by atoms with van der Waals surface area (Å²) in [5.74, 6) is 0.798. The number of likely N-dealkylation sites (N-methyl/N-ethyl adjacent to an activating group) is 1. The number of hydrogen-bond acceptors (Lipinski definition) is 3. The molecule has 0 saturated carbocycles. The van der Waals surface area contributed by atoms with E-state index in [0.717, 1.165) is 6.42 Å². The summed E-state index contributed by atoms with van der Waals surface area (Å²) in [4.78, 5) is 11.7. The fourth-order valence-electron chi connectivity index (χ4n) is 1.81. The van der Waals surface area contributed by atoms with Crippen LogP contribution in [0.5, 0.6) is 11.5 Å². The van der Waals surface area contributed by atoms with Crippen molar-refractivity contribution in [1.29, 1.82) is 0 Å². The molecule has 4 nitrogen and oxygen atoms in total. The van der Waals surface area contributed by atoms with Crippen molar-refractivity contribution in [3.05, 3.63) is 22.7 Å². The number of halogens is 2. The molecule has 0 saturated heterocycles. The van der Waals surface area contributed by atoms with E-state index in [4.69, 9.17) is 32.7 Å². The first-order chi connectivity index (χ1) is 9.13. The summed E-state index contributed by atoms with van der Waals surface area (Å²) in [7, 11) is 0. The van der Waals surface area contributed by atoms with E-state index in [1.54, 1.807) is 12.1 Å². The molecule has 2 rings (SSSR count). The van der Waals surface area contributed by atoms with E-state index in [1.165, 1.54) is 0 Å². The maximum atomic E-state index is 11.7. The van der Waals surface area contributed by atoms with Crippen molar-refractivity contribution in [1.82, 2.24) is 5.32 Å². The summed E-state index contributed by atoms with van der Waals surface area (Å²) in [5.41, 5.74) is 0.599. The van der Waals surface area contributed by atoms with Crippen LogP contribution in [0.4, 0.5) is 0 Å². The van der Waals surface area contributed by atoms with Crippen molar-refractivity contribution in [2.75, 3.05) is 19.8 Å². The van der Waals surface area contributed by atoms with Crippen LogP contribution in [0, 0.1) is 0 Å². The van der Waals surface area contributed by atoms with Crippen LogP contribution in [0.1, 0.15) is 24.3 Å². The number of nitrogens with one attached hydrogen (secondary N) is 1. The molecule has 19 heavy (non-hydrogen) atoms. The number of rotatable bonds is 3. The summed E-state index contributed by atoms with van der Waals surface area (Å²) in [6, 6.07) is 3.35. The van der Waals surface area contributed by atoms with Crippen LogP contribution in [0.25, 0.3) is 0 Å². The molecule has 1 atom stereocenters. The maximum Gasteiger partial charge on any atom is 0.242 e. The molecule has 0 fully saturated rings. The normalized spacial score (nSPS) is 15.5. The molecule has 1 N–H and O–H groups in total. The van der Waals surface area contributed by atoms with Gasteiger partial charge in [-0.3, -0.25) is 4.79 Å². The zero-order chi connectivity index (χ0) is 13.8. The van der Waals surface area contributed by atoms with Gasteiger partial charge in [0, 0.05) is 13.0 Å². The minimum absolute atomic E-state index is 0.255. The number of benzene rings is 1. The molecule has 1 aromatic rings. The van der Waals surface area contributed by atoms with E-state index < -0.39 is 5.38 Å². The zero-order valence-corrected chi connectivity index (χ0v) is 12.1. The van der Waals surface area contributed by atoms with Crippen LogP contribution in [0.15, 0.2) is 12.1 Å². The van der Waals surface area contributed by atoms with Gasteiger partial charge < -0.3 is 14.8 Å². The van der Waals surface area contributed by atoms with E-state index in [9.17, 15) is 4.79 Å². The van der Waals surface area contributed by atoms with Crippen LogP contribution >= 0.6 is 23.2 Å². The standard InChI is InChI=1S/C13H15Cl2NO3/c1-2-16-13(17)11(15)8-6-9(14)12-10(7-8)18-4-3-5-19-12/h6-7,11H,2-5H2,1H3,(H,16,17). The Kier molecular flexibility index (Phi) is 4.77. The molecule has 1 aliphatic heterocycles. The average Bonchev–Trinajstić information content (AvgIpc) is 2.63. The van der Waals surface area contributed by atoms with Crippen molar-refractivity contribution < 1.29 is 14.3 Å². The molecule has 1 amide bonds. The maximum absolute atomic E-state index is 11.7. The summed E-state index contributed by atoms with van der Waals surface area (Å²) in [6.07, 6.45) is 0.793. The van der Waals surface area contributed by atoms with Crippen molar-refractivity contribution in [3.8, 4) is 11.5 Å². The summed E-state index contributed by atoms with van der Waals surface area (Å²) >= 11 is 12.3. The molecule has 6 heteroatoms. The van der Waals surface area contributed by atoms with Gasteiger partial charge >= 0.3 is 0 Å². The van der Waals surface area contributed by atoms with Gasteiger partial charge in [0.15, 0.2) is 11.5 Å². The summed E-state index contributed by atoms with van der Waals surface area (Å²) < 4.78 is 11.1. The fraction of sp³-hybridized carbons (Fsp3) is 0.462. The molecule has 0 spiro atoms. The predicted octanol–water partition coefficient (Wildman–Crippen LogP) is 2.92. The Balaban J connectivity index is 2.30. The van der Waals surface area contributed by atoms with Crippen molar-refractivity contribution in [2.24, 2.45) is 0 Å². The third-order valence-electron chi connectivity index (χ3n) is 2.70. The minimum Gasteiger partial charge on any atom is -0.489 e. The second kappa shape index (κ2) is 6.35. The van der Waals surface area contributed by atoms with E-state index >= 15 is 0 Å². The average molecular weight is 304 g/mol. The Morgan fingerprint density at radius 3 is 2.89 bits per heavy atom. The van der Waals surface area contributed by atoms with E-state index in [1.807, 2.05) is 6.92 Å². The van der Waals surface area contributed by atoms with Crippen LogP contribution in [0.2, 0.25) is 5.02 Å². The van der Waals surface area contributed by atoms with Crippen LogP contribution < -0.4 is 14.8 Å². The van der Waals surface area contributed by atoms with Gasteiger partial charge in [-0.05, 0) is 24.6 Å². The molecule has 104 valence electrons. The van der Waals surface area contributed by atoms with Gasteiger partial charge in [0.25, 0.3) is 0 Å². The Morgan fingerprint density at radius 2 is 2.16 bits per heavy atom. The van der Waals surface area contributed by atoms with E-state index in [2.05, 4.69) is 5.32 Å². The van der Waals surface area contributed by atoms with Gasteiger partial charge in [0.2, 0.25) is 5.91 Å². The Hall–Kier alpha value is -1.13. The summed E-state index contributed by atoms with van der Waals surface area (Å²) in [5, 5.41) is 2.28. The summed E-state index contributed by atoms with van der Waals surface area (Å²) in [6.45, 7) is 3.48. The van der Waals surface area contributed by atoms with Crippen LogP contribution in [-0.2, 0) is 4.79 Å². The van der Waals surface area contributed by atoms with Crippen LogP contribution in [-0.4, -0.2) is 25.7 Å². The highest BCUT2D eigenvalue weighted by molar-refractivity contribution is 6.33. The first kappa shape index (κ1) is 14.3. The number of fused-ring (bicyclic) bond motifs is 1. The highest BCUT2D eigenvalue weighted by Gasteiger charge is 2.22. The Labute approximate surface area is 122 Å². The van der Waals surface area contributed by atoms with E-state index in [0.29, 0.717) is 41.8 Å². The lowest BCUT2D eigenvalue weighted by Crippen LogP contribution is -2.26. The Morgan fingerprint density at radius 1 is 1.42 bits per heavy atom. The number of ether oxygens (including phenoxy) is 2. The number of alkyl halides is 1. The van der Waals surface area contributed by atoms with Crippen molar-refractivity contribution in [3.63, 3.8) is 0 Å². The third-order valence-corrected chi connectivity index (χ3v) is 3.43. The highest BCUT2D eigenvalue weighted by atomic mass is 35.5. The number of carbonyl (C=O) groups excluding carboxylic acids is 1. The lowest BCUT2D eigenvalue weighted by atomic mass is 10.1. The second-order valence-corrected chi connectivity index (χ2v) is 4.98. The highest BCUT2D eigenvalue weighted by Crippen LogP contribution is 2.40. The quantitative estimate of drug-likeness (QED) is 0.874. The zero-order valence-electron chi connectivity index (χ0n) is 10.5. The molecule has 1 aromatic carbocycles. The van der Waals surface area contributed by atoms with Gasteiger partial charge in [-0.1, -0.05) is 11.6 Å². The number of amides is 1. The van der Waals surface area contributed by atoms with E-state index in [-0.39, 0.29) is 5.91 Å². The van der Waals surface area contributed by atoms with Crippen LogP contribution in [0.3, 0.4) is 0 Å². The van der Waals surface area contributed by atoms with Gasteiger partial charge in [-0.25, -0.2) is 0 Å². The Bertz CT molecular complexity index is 479. The number of hydrogen-bond donors (Lipinski definition) is 1. The van der Waals surface area contributed by atoms with Gasteiger partial charge in [0.1, 0.15) is 5.38 Å². The van der Waals surface area contributed by atoms with Gasteiger partial charge in [0.05, 0.1) is 18.2 Å². The molecule has 0 bridgehead atoms. The minimum atomic E-state index is -0.797. The molecule has 1 heterocycles. The largest absolute Gasteiger partial charge is 0.489 e. The number of carbonyl (C=O) groups is 1. The SMILES string of the molecule is CCNC(=O)C(Cl)c1cc(Cl)c2c(c1)OCCCO2. The molecular formula is C13H15Cl2NO3. The first-order valence-corrected chi connectivity index (χ1v) is 6.95. The lowest BCUT2D eigenvalue weighted by Gasteiger charge is -2.14. The smallest absolute Gasteiger partial charge is 0.242 e. The predicted molar refractivity (Wildman–Crippen MR) is 74.3 cm³/mol. The van der Waals surface area contributed by atoms with Crippen molar-refractivity contribution >= 4 is 29.1 Å². The third kappa shape index (κ3) is 3.25. The molecule has 0 aromatic heterocycles. The molecule has 1 unspecified atom stereocenters. The monoisotopic (exact) mass is 303 g/mol. The molecule has 0 radical (unpaired) electrons. The van der Waals surface area contributed by atoms with Gasteiger partial charge in [-0.15, -0.1) is 11.6 Å². The van der Waals surface area contributed by atoms with Crippen molar-refractivity contribution in [2.45, 2.75) is 18.7 Å². The lowest BCUT2D eigenvalue weighted by molar-refractivity contribution is -0.120. The molecular weight excluding hydrogens is 289 g/mol. The van der Waals surface area contributed by atoms with Gasteiger partial charge in [-0.2, -0.15) is 0 Å². The second-order valence-electron chi connectivity index (χ2n) is 4.14. The topological polar surface area (TPSA) is 47.6 Å². The molecule has 1 aliphatic rings. The molecule has 0 aliphatic carbocycles. The first-order valence-electron chi connectivity index (χ1n) is 6.14. The fourth-order valence-corrected chi connectivity index (χ4v) is 2.29.